The predicted octanol–water partition coefficient (Wildman–Crippen LogP) is 2.02. The second-order valence-electron chi connectivity index (χ2n) is 12.1. The molecule has 0 aromatic heterocycles. The molecule has 0 saturated carbocycles. The van der Waals surface area contributed by atoms with Gasteiger partial charge in [-0.15, -0.1) is 0 Å². The number of benzene rings is 3. The molecule has 3 amide bonds. The molecule has 0 aliphatic carbocycles. The van der Waals surface area contributed by atoms with E-state index in [1.165, 1.54) is 9.80 Å². The van der Waals surface area contributed by atoms with Crippen LogP contribution >= 0.6 is 0 Å². The summed E-state index contributed by atoms with van der Waals surface area (Å²) in [5.41, 5.74) is 6.48. The van der Waals surface area contributed by atoms with Gasteiger partial charge in [0.25, 0.3) is 0 Å². The number of piperazine rings is 1. The Balaban J connectivity index is 1.37. The van der Waals surface area contributed by atoms with Crippen molar-refractivity contribution in [2.75, 3.05) is 45.5 Å². The highest BCUT2D eigenvalue weighted by atomic mass is 32.3. The average molecular weight is 646 g/mol. The summed E-state index contributed by atoms with van der Waals surface area (Å²) < 4.78 is 18.5. The average Bonchev–Trinajstić information content (AvgIpc) is 3.07. The molecule has 46 heavy (non-hydrogen) atoms. The number of carbonyl (C=O) groups excluding carboxylic acids is 3. The number of nitrogens with two attached hydrogens (primary N) is 1. The summed E-state index contributed by atoms with van der Waals surface area (Å²) >= 11 is 0. The highest BCUT2D eigenvalue weighted by Gasteiger charge is 2.43. The lowest BCUT2D eigenvalue weighted by atomic mass is 9.97. The van der Waals surface area contributed by atoms with Gasteiger partial charge in [0.15, 0.2) is 5.96 Å². The van der Waals surface area contributed by atoms with Crippen LogP contribution in [0.4, 0.5) is 0 Å². The van der Waals surface area contributed by atoms with E-state index in [4.69, 9.17) is 11.1 Å². The monoisotopic (exact) mass is 645 g/mol. The molecule has 2 fully saturated rings. The molecule has 0 bridgehead atoms. The van der Waals surface area contributed by atoms with Crippen LogP contribution in [-0.4, -0.2) is 94.2 Å². The minimum Gasteiger partial charge on any atom is -0.370 e. The number of hydrogen-bond acceptors (Lipinski definition) is 5. The van der Waals surface area contributed by atoms with E-state index < -0.39 is 15.3 Å². The molecule has 2 heterocycles. The van der Waals surface area contributed by atoms with E-state index in [1.54, 1.807) is 35.4 Å². The summed E-state index contributed by atoms with van der Waals surface area (Å²) in [5, 5.41) is 10.6. The van der Waals surface area contributed by atoms with Crippen LogP contribution in [0.15, 0.2) is 101 Å². The summed E-state index contributed by atoms with van der Waals surface area (Å²) in [6, 6.07) is 26.5. The van der Waals surface area contributed by atoms with Gasteiger partial charge >= 0.3 is 0 Å². The zero-order chi connectivity index (χ0) is 32.8. The fourth-order valence-corrected chi connectivity index (χ4v) is 8.90. The number of rotatable bonds is 11. The van der Waals surface area contributed by atoms with Crippen molar-refractivity contribution >= 4 is 32.9 Å². The van der Waals surface area contributed by atoms with Crippen molar-refractivity contribution in [1.29, 1.82) is 5.41 Å². The third kappa shape index (κ3) is 7.29. The fourth-order valence-electron chi connectivity index (χ4n) is 6.11. The third-order valence-corrected chi connectivity index (χ3v) is 12.6. The lowest BCUT2D eigenvalue weighted by molar-refractivity contribution is -0.157. The Bertz CT molecular complexity index is 1570. The summed E-state index contributed by atoms with van der Waals surface area (Å²) in [5.74, 6) is -0.770. The fraction of sp³-hybridized carbons (Fsp3) is 0.353. The molecule has 0 radical (unpaired) electrons. The van der Waals surface area contributed by atoms with Crippen LogP contribution in [0, 0.1) is 11.3 Å². The second-order valence-corrected chi connectivity index (χ2v) is 16.0. The van der Waals surface area contributed by atoms with Crippen molar-refractivity contribution in [2.24, 2.45) is 11.7 Å². The molecule has 2 aliphatic heterocycles. The Morgan fingerprint density at radius 1 is 0.891 bits per heavy atom. The largest absolute Gasteiger partial charge is 0.370 e. The Kier molecular flexibility index (Phi) is 9.88. The topological polar surface area (TPSA) is 152 Å². The number of guanidine groups is 1. The van der Waals surface area contributed by atoms with Gasteiger partial charge in [-0.05, 0) is 57.8 Å². The van der Waals surface area contributed by atoms with Gasteiger partial charge in [-0.25, -0.2) is 4.72 Å². The number of hydrogen-bond donors (Lipinski definition) is 4. The number of likely N-dealkylation sites (tertiary alicyclic amines) is 1. The van der Waals surface area contributed by atoms with E-state index in [0.717, 1.165) is 18.4 Å². The number of carbonyl (C=O) groups is 3. The van der Waals surface area contributed by atoms with E-state index in [2.05, 4.69) is 10.0 Å². The minimum atomic E-state index is -3.98. The van der Waals surface area contributed by atoms with E-state index in [1.807, 2.05) is 66.7 Å². The zero-order valence-corrected chi connectivity index (χ0v) is 27.0. The summed E-state index contributed by atoms with van der Waals surface area (Å²) in [4.78, 5) is 46.7. The predicted molar refractivity (Wildman–Crippen MR) is 178 cm³/mol. The SMILES string of the molecule is CS(=O)(NCC1C(=O)N(Cc2ccccc2)CC(=O)N1CC(=O)NCC1CCN(C(=N)N)CC1)(c1ccccc1)c1ccccc1. The molecule has 3 aromatic carbocycles. The maximum Gasteiger partial charge on any atom is 0.247 e. The quantitative estimate of drug-likeness (QED) is 0.185. The van der Waals surface area contributed by atoms with Crippen LogP contribution < -0.4 is 15.8 Å². The van der Waals surface area contributed by atoms with E-state index >= 15 is 4.21 Å². The van der Waals surface area contributed by atoms with Gasteiger partial charge in [-0.3, -0.25) is 24.0 Å². The van der Waals surface area contributed by atoms with Crippen LogP contribution in [0.1, 0.15) is 18.4 Å². The lowest BCUT2D eigenvalue weighted by Gasteiger charge is -2.45. The van der Waals surface area contributed by atoms with Crippen LogP contribution in [0.25, 0.3) is 0 Å². The first-order chi connectivity index (χ1) is 22.0. The summed E-state index contributed by atoms with van der Waals surface area (Å²) in [7, 11) is -3.98. The molecule has 2 saturated heterocycles. The van der Waals surface area contributed by atoms with Gasteiger partial charge < -0.3 is 25.8 Å². The van der Waals surface area contributed by atoms with Gasteiger partial charge in [0, 0.05) is 48.8 Å². The van der Waals surface area contributed by atoms with Crippen molar-refractivity contribution in [2.45, 2.75) is 35.2 Å². The Morgan fingerprint density at radius 2 is 1.43 bits per heavy atom. The molecule has 3 aromatic rings. The Hall–Kier alpha value is -4.55. The van der Waals surface area contributed by atoms with Crippen molar-refractivity contribution in [1.82, 2.24) is 24.7 Å². The van der Waals surface area contributed by atoms with E-state index in [9.17, 15) is 14.4 Å². The number of nitrogens with zero attached hydrogens (tertiary/aromatic N) is 3. The molecule has 244 valence electrons. The van der Waals surface area contributed by atoms with E-state index in [0.29, 0.717) is 29.4 Å². The molecule has 1 atom stereocenters. The summed E-state index contributed by atoms with van der Waals surface area (Å²) in [6.45, 7) is 1.39. The number of amides is 3. The highest BCUT2D eigenvalue weighted by molar-refractivity contribution is 8.17. The summed E-state index contributed by atoms with van der Waals surface area (Å²) in [6.07, 6.45) is 3.22. The zero-order valence-electron chi connectivity index (χ0n) is 26.1. The first-order valence-corrected chi connectivity index (χ1v) is 17.9. The molecule has 5 rings (SSSR count). The first kappa shape index (κ1) is 32.8. The molecular formula is C34H43N7O4S. The Labute approximate surface area is 270 Å². The maximum absolute atomic E-state index is 15.2. The normalized spacial score (nSPS) is 18.6. The van der Waals surface area contributed by atoms with Crippen molar-refractivity contribution < 1.29 is 18.6 Å². The van der Waals surface area contributed by atoms with Gasteiger partial charge in [0.2, 0.25) is 17.7 Å². The molecular weight excluding hydrogens is 602 g/mol. The first-order valence-electron chi connectivity index (χ1n) is 15.5. The number of piperidine rings is 1. The number of nitrogens with one attached hydrogen (secondary N) is 3. The van der Waals surface area contributed by atoms with Crippen LogP contribution in [0.2, 0.25) is 0 Å². The molecule has 0 spiro atoms. The van der Waals surface area contributed by atoms with Gasteiger partial charge in [-0.2, -0.15) is 0 Å². The van der Waals surface area contributed by atoms with Crippen molar-refractivity contribution in [3.05, 3.63) is 96.6 Å². The molecule has 5 N–H and O–H groups in total. The smallest absolute Gasteiger partial charge is 0.247 e. The van der Waals surface area contributed by atoms with Gasteiger partial charge in [0.05, 0.1) is 0 Å². The van der Waals surface area contributed by atoms with Crippen molar-refractivity contribution in [3.63, 3.8) is 0 Å². The van der Waals surface area contributed by atoms with Gasteiger partial charge in [0.1, 0.15) is 19.1 Å². The third-order valence-electron chi connectivity index (χ3n) is 8.94. The standard InChI is InChI=1S/C34H43N7O4S/c1-46(45,28-13-7-3-8-14-28,29-15-9-4-10-16-29)38-22-30-33(44)40(23-27-11-5-2-6-12-27)25-32(43)41(30)24-31(42)37-21-26-17-19-39(20-18-26)34(35)36/h2-16,26,30H,17-25H2,1H3,(H3,35,36)(H,37,42)(H,38,45). The maximum atomic E-state index is 15.2. The van der Waals surface area contributed by atoms with Crippen LogP contribution in [0.5, 0.6) is 0 Å². The Morgan fingerprint density at radius 3 is 1.98 bits per heavy atom. The van der Waals surface area contributed by atoms with E-state index in [-0.39, 0.29) is 55.8 Å². The minimum absolute atomic E-state index is 0.0506. The highest BCUT2D eigenvalue weighted by Crippen LogP contribution is 2.38. The molecule has 1 unspecified atom stereocenters. The molecule has 11 nitrogen and oxygen atoms in total. The lowest BCUT2D eigenvalue weighted by Crippen LogP contribution is -2.65. The van der Waals surface area contributed by atoms with Crippen LogP contribution in [0.3, 0.4) is 0 Å². The van der Waals surface area contributed by atoms with Crippen molar-refractivity contribution in [3.8, 4) is 0 Å². The van der Waals surface area contributed by atoms with Gasteiger partial charge in [-0.1, -0.05) is 66.7 Å². The molecule has 2 aliphatic rings. The molecule has 12 heteroatoms. The van der Waals surface area contributed by atoms with Crippen LogP contribution in [-0.2, 0) is 30.2 Å². The second kappa shape index (κ2) is 13.8.